The molecule has 1 N–H and O–H groups in total. The van der Waals surface area contributed by atoms with Crippen molar-refractivity contribution >= 4 is 12.4 Å². The van der Waals surface area contributed by atoms with Gasteiger partial charge in [-0.15, -0.1) is 12.4 Å². The molecule has 0 aromatic carbocycles. The Hall–Kier alpha value is -0.870. The summed E-state index contributed by atoms with van der Waals surface area (Å²) in [6.07, 6.45) is 3.80. The highest BCUT2D eigenvalue weighted by atomic mass is 35.5. The second-order valence-corrected chi connectivity index (χ2v) is 3.09. The Balaban J connectivity index is 0.000000980. The third-order valence-electron chi connectivity index (χ3n) is 2.06. The summed E-state index contributed by atoms with van der Waals surface area (Å²) >= 11 is 0. The third kappa shape index (κ3) is 2.82. The van der Waals surface area contributed by atoms with Crippen LogP contribution in [0.25, 0.3) is 0 Å². The molecule has 0 aliphatic carbocycles. The molecular formula is C9H12ClFN2O. The van der Waals surface area contributed by atoms with Crippen LogP contribution in [-0.2, 0) is 0 Å². The fraction of sp³-hybridized carbons (Fsp3) is 0.444. The van der Waals surface area contributed by atoms with Crippen molar-refractivity contribution in [2.45, 2.75) is 12.5 Å². The van der Waals surface area contributed by atoms with Gasteiger partial charge in [-0.2, -0.15) is 0 Å². The van der Waals surface area contributed by atoms with Crippen LogP contribution >= 0.6 is 12.4 Å². The summed E-state index contributed by atoms with van der Waals surface area (Å²) < 4.78 is 18.0. The Morgan fingerprint density at radius 1 is 1.57 bits per heavy atom. The summed E-state index contributed by atoms with van der Waals surface area (Å²) in [5, 5.41) is 3.19. The molecule has 1 aromatic rings. The summed E-state index contributed by atoms with van der Waals surface area (Å²) in [6, 6.07) is 1.76. The average Bonchev–Trinajstić information content (AvgIpc) is 2.01. The minimum atomic E-state index is -0.362. The second-order valence-electron chi connectivity index (χ2n) is 3.09. The van der Waals surface area contributed by atoms with E-state index in [1.165, 1.54) is 12.3 Å². The van der Waals surface area contributed by atoms with E-state index >= 15 is 0 Å². The monoisotopic (exact) mass is 218 g/mol. The normalized spacial score (nSPS) is 19.4. The predicted molar refractivity (Wildman–Crippen MR) is 53.3 cm³/mol. The highest BCUT2D eigenvalue weighted by Gasteiger charge is 2.16. The van der Waals surface area contributed by atoms with E-state index < -0.39 is 0 Å². The number of aromatic nitrogens is 1. The lowest BCUT2D eigenvalue weighted by Gasteiger charge is -2.27. The molecule has 78 valence electrons. The number of rotatable bonds is 3. The number of hydrogen-bond acceptors (Lipinski definition) is 3. The molecule has 0 unspecified atom stereocenters. The van der Waals surface area contributed by atoms with Crippen molar-refractivity contribution in [1.29, 1.82) is 0 Å². The maximum Gasteiger partial charge on any atom is 0.145 e. The van der Waals surface area contributed by atoms with E-state index in [4.69, 9.17) is 4.74 Å². The van der Waals surface area contributed by atoms with Crippen LogP contribution in [-0.4, -0.2) is 24.2 Å². The van der Waals surface area contributed by atoms with Crippen LogP contribution in [0.3, 0.4) is 0 Å². The van der Waals surface area contributed by atoms with Gasteiger partial charge in [-0.3, -0.25) is 4.98 Å². The Labute approximate surface area is 88.1 Å². The van der Waals surface area contributed by atoms with Crippen LogP contribution in [0, 0.1) is 5.82 Å². The molecule has 1 aliphatic rings. The van der Waals surface area contributed by atoms with Gasteiger partial charge in [0.05, 0.1) is 12.4 Å². The molecule has 1 aliphatic heterocycles. The fourth-order valence-electron chi connectivity index (χ4n) is 1.16. The molecule has 1 atom stereocenters. The standard InChI is InChI=1S/C9H11FN2O.ClH/c10-7-3-9(5-11-4-7)13-6-8-1-2-12-8;/h3-5,8,12H,1-2,6H2;1H/t8-;/m1./s1. The first-order chi connectivity index (χ1) is 6.34. The number of ether oxygens (including phenoxy) is 1. The van der Waals surface area contributed by atoms with Gasteiger partial charge in [0, 0.05) is 12.1 Å². The first-order valence-corrected chi connectivity index (χ1v) is 4.31. The Morgan fingerprint density at radius 2 is 2.36 bits per heavy atom. The number of nitrogens with one attached hydrogen (secondary N) is 1. The molecule has 0 bridgehead atoms. The molecule has 2 heterocycles. The Morgan fingerprint density at radius 3 is 2.93 bits per heavy atom. The smallest absolute Gasteiger partial charge is 0.145 e. The highest BCUT2D eigenvalue weighted by Crippen LogP contribution is 2.11. The van der Waals surface area contributed by atoms with Crippen LogP contribution < -0.4 is 10.1 Å². The van der Waals surface area contributed by atoms with Crippen LogP contribution in [0.2, 0.25) is 0 Å². The van der Waals surface area contributed by atoms with Crippen LogP contribution in [0.5, 0.6) is 5.75 Å². The number of halogens is 2. The van der Waals surface area contributed by atoms with Gasteiger partial charge in [0.15, 0.2) is 0 Å². The van der Waals surface area contributed by atoms with E-state index in [-0.39, 0.29) is 18.2 Å². The van der Waals surface area contributed by atoms with Gasteiger partial charge in [0.25, 0.3) is 0 Å². The van der Waals surface area contributed by atoms with Crippen molar-refractivity contribution in [1.82, 2.24) is 10.3 Å². The zero-order chi connectivity index (χ0) is 9.10. The van der Waals surface area contributed by atoms with Gasteiger partial charge in [-0.05, 0) is 13.0 Å². The molecule has 14 heavy (non-hydrogen) atoms. The van der Waals surface area contributed by atoms with E-state index in [0.29, 0.717) is 18.4 Å². The van der Waals surface area contributed by atoms with Crippen molar-refractivity contribution < 1.29 is 9.13 Å². The van der Waals surface area contributed by atoms with E-state index in [2.05, 4.69) is 10.3 Å². The largest absolute Gasteiger partial charge is 0.490 e. The van der Waals surface area contributed by atoms with Gasteiger partial charge in [0.1, 0.15) is 18.2 Å². The summed E-state index contributed by atoms with van der Waals surface area (Å²) in [7, 11) is 0. The number of nitrogens with zero attached hydrogens (tertiary/aromatic N) is 1. The van der Waals surface area contributed by atoms with E-state index in [0.717, 1.165) is 19.2 Å². The summed E-state index contributed by atoms with van der Waals surface area (Å²) in [5.41, 5.74) is 0. The Bertz CT molecular complexity index is 294. The minimum Gasteiger partial charge on any atom is -0.490 e. The quantitative estimate of drug-likeness (QED) is 0.833. The van der Waals surface area contributed by atoms with Crippen LogP contribution in [0.4, 0.5) is 4.39 Å². The lowest BCUT2D eigenvalue weighted by Crippen LogP contribution is -2.46. The van der Waals surface area contributed by atoms with Gasteiger partial charge in [-0.25, -0.2) is 4.39 Å². The minimum absolute atomic E-state index is 0. The molecule has 2 rings (SSSR count). The lowest BCUT2D eigenvalue weighted by molar-refractivity contribution is 0.216. The summed E-state index contributed by atoms with van der Waals surface area (Å²) in [4.78, 5) is 3.69. The highest BCUT2D eigenvalue weighted by molar-refractivity contribution is 5.85. The van der Waals surface area contributed by atoms with Crippen molar-refractivity contribution in [3.05, 3.63) is 24.3 Å². The van der Waals surface area contributed by atoms with E-state index in [1.54, 1.807) is 0 Å². The topological polar surface area (TPSA) is 34.1 Å². The van der Waals surface area contributed by atoms with Crippen molar-refractivity contribution in [2.24, 2.45) is 0 Å². The van der Waals surface area contributed by atoms with E-state index in [1.807, 2.05) is 0 Å². The molecule has 1 aromatic heterocycles. The molecule has 0 saturated carbocycles. The van der Waals surface area contributed by atoms with Crippen molar-refractivity contribution in [3.63, 3.8) is 0 Å². The van der Waals surface area contributed by atoms with Crippen molar-refractivity contribution in [2.75, 3.05) is 13.2 Å². The predicted octanol–water partition coefficient (Wildman–Crippen LogP) is 1.38. The average molecular weight is 219 g/mol. The molecule has 3 nitrogen and oxygen atoms in total. The van der Waals surface area contributed by atoms with Gasteiger partial charge < -0.3 is 10.1 Å². The first-order valence-electron chi connectivity index (χ1n) is 4.31. The summed E-state index contributed by atoms with van der Waals surface area (Å²) in [5.74, 6) is 0.132. The Kier molecular flexibility index (Phi) is 4.10. The summed E-state index contributed by atoms with van der Waals surface area (Å²) in [6.45, 7) is 1.64. The maximum atomic E-state index is 12.6. The molecule has 1 fully saturated rings. The fourth-order valence-corrected chi connectivity index (χ4v) is 1.16. The molecule has 0 radical (unpaired) electrons. The zero-order valence-corrected chi connectivity index (χ0v) is 8.39. The molecule has 5 heteroatoms. The second kappa shape index (κ2) is 5.12. The van der Waals surface area contributed by atoms with Crippen LogP contribution in [0.1, 0.15) is 6.42 Å². The SMILES string of the molecule is Cl.Fc1cncc(OC[C@H]2CCN2)c1. The number of pyridine rings is 1. The third-order valence-corrected chi connectivity index (χ3v) is 2.06. The number of hydrogen-bond donors (Lipinski definition) is 1. The maximum absolute atomic E-state index is 12.6. The first kappa shape index (κ1) is 11.2. The van der Waals surface area contributed by atoms with Gasteiger partial charge in [0.2, 0.25) is 0 Å². The van der Waals surface area contributed by atoms with Gasteiger partial charge in [-0.1, -0.05) is 0 Å². The molecule has 1 saturated heterocycles. The lowest BCUT2D eigenvalue weighted by atomic mass is 10.1. The molecular weight excluding hydrogens is 207 g/mol. The van der Waals surface area contributed by atoms with Crippen LogP contribution in [0.15, 0.2) is 18.5 Å². The van der Waals surface area contributed by atoms with Crippen molar-refractivity contribution in [3.8, 4) is 5.75 Å². The van der Waals surface area contributed by atoms with Gasteiger partial charge >= 0.3 is 0 Å². The molecule has 0 amide bonds. The van der Waals surface area contributed by atoms with E-state index in [9.17, 15) is 4.39 Å². The molecule has 0 spiro atoms. The zero-order valence-electron chi connectivity index (χ0n) is 7.57.